The molecule has 0 N–H and O–H groups in total. The third-order valence-electron chi connectivity index (χ3n) is 3.00. The molecule has 1 heteroatoms. The molecule has 1 aliphatic rings. The van der Waals surface area contributed by atoms with Gasteiger partial charge in [0.2, 0.25) is 0 Å². The van der Waals surface area contributed by atoms with E-state index in [0.29, 0.717) is 5.54 Å². The molecule has 1 rings (SSSR count). The van der Waals surface area contributed by atoms with E-state index in [0.717, 1.165) is 12.0 Å². The molecule has 0 bridgehead atoms. The van der Waals surface area contributed by atoms with Crippen molar-refractivity contribution in [2.75, 3.05) is 6.54 Å². The fourth-order valence-corrected chi connectivity index (χ4v) is 2.40. The van der Waals surface area contributed by atoms with E-state index in [2.05, 4.69) is 39.5 Å². The Morgan fingerprint density at radius 3 is 2.17 bits per heavy atom. The minimum Gasteiger partial charge on any atom is -0.296 e. The summed E-state index contributed by atoms with van der Waals surface area (Å²) < 4.78 is 0. The highest BCUT2D eigenvalue weighted by molar-refractivity contribution is 4.85. The maximum absolute atomic E-state index is 2.63. The summed E-state index contributed by atoms with van der Waals surface area (Å²) in [6.07, 6.45) is 2.75. The molecule has 1 nitrogen and oxygen atoms in total. The minimum atomic E-state index is 0.361. The van der Waals surface area contributed by atoms with Crippen LogP contribution in [-0.2, 0) is 0 Å². The van der Waals surface area contributed by atoms with Gasteiger partial charge in [0, 0.05) is 11.6 Å². The van der Waals surface area contributed by atoms with Crippen molar-refractivity contribution in [3.63, 3.8) is 0 Å². The summed E-state index contributed by atoms with van der Waals surface area (Å²) in [5.74, 6) is 0.929. The van der Waals surface area contributed by atoms with Gasteiger partial charge in [-0.05, 0) is 53.0 Å². The van der Waals surface area contributed by atoms with Gasteiger partial charge in [-0.25, -0.2) is 0 Å². The largest absolute Gasteiger partial charge is 0.296 e. The summed E-state index contributed by atoms with van der Waals surface area (Å²) in [6.45, 7) is 13.0. The predicted octanol–water partition coefficient (Wildman–Crippen LogP) is 2.91. The zero-order chi connectivity index (χ0) is 9.35. The smallest absolute Gasteiger partial charge is 0.0127 e. The summed E-state index contributed by atoms with van der Waals surface area (Å²) in [4.78, 5) is 2.63. The van der Waals surface area contributed by atoms with Gasteiger partial charge in [0.15, 0.2) is 0 Å². The van der Waals surface area contributed by atoms with Gasteiger partial charge < -0.3 is 0 Å². The molecule has 0 unspecified atom stereocenters. The van der Waals surface area contributed by atoms with E-state index >= 15 is 0 Å². The molecule has 0 aromatic carbocycles. The van der Waals surface area contributed by atoms with Crippen LogP contribution in [0.1, 0.15) is 47.5 Å². The van der Waals surface area contributed by atoms with E-state index in [1.54, 1.807) is 0 Å². The highest BCUT2D eigenvalue weighted by atomic mass is 15.2. The highest BCUT2D eigenvalue weighted by Gasteiger charge is 2.30. The lowest BCUT2D eigenvalue weighted by molar-refractivity contribution is 0.0426. The molecule has 0 aromatic heterocycles. The third kappa shape index (κ3) is 2.22. The van der Waals surface area contributed by atoms with E-state index in [-0.39, 0.29) is 0 Å². The molecule has 72 valence electrons. The Morgan fingerprint density at radius 2 is 1.75 bits per heavy atom. The van der Waals surface area contributed by atoms with Gasteiger partial charge in [-0.1, -0.05) is 6.92 Å². The fourth-order valence-electron chi connectivity index (χ4n) is 2.40. The molecule has 1 aliphatic heterocycles. The Hall–Kier alpha value is -0.0400. The Bertz CT molecular complexity index is 146. The van der Waals surface area contributed by atoms with E-state index in [4.69, 9.17) is 0 Å². The second-order valence-electron chi connectivity index (χ2n) is 5.34. The van der Waals surface area contributed by atoms with Crippen LogP contribution in [-0.4, -0.2) is 23.0 Å². The standard InChI is InChI=1S/C11H23N/c1-9-6-7-12(10(2)8-9)11(3,4)5/h9-10H,6-8H2,1-5H3/t9-,10-/m1/s1. The molecular formula is C11H23N. The Morgan fingerprint density at radius 1 is 1.17 bits per heavy atom. The lowest BCUT2D eigenvalue weighted by atomic mass is 9.89. The van der Waals surface area contributed by atoms with Crippen LogP contribution in [0, 0.1) is 5.92 Å². The molecule has 12 heavy (non-hydrogen) atoms. The number of hydrogen-bond acceptors (Lipinski definition) is 1. The first-order valence-corrected chi connectivity index (χ1v) is 5.18. The van der Waals surface area contributed by atoms with E-state index in [1.807, 2.05) is 0 Å². The molecule has 2 atom stereocenters. The molecule has 0 saturated carbocycles. The van der Waals surface area contributed by atoms with Gasteiger partial charge in [0.1, 0.15) is 0 Å². The van der Waals surface area contributed by atoms with Gasteiger partial charge in [-0.3, -0.25) is 4.90 Å². The molecule has 0 aliphatic carbocycles. The topological polar surface area (TPSA) is 3.24 Å². The van der Waals surface area contributed by atoms with Crippen molar-refractivity contribution < 1.29 is 0 Å². The zero-order valence-electron chi connectivity index (χ0n) is 9.22. The molecule has 0 radical (unpaired) electrons. The van der Waals surface area contributed by atoms with Gasteiger partial charge >= 0.3 is 0 Å². The average molecular weight is 169 g/mol. The van der Waals surface area contributed by atoms with Gasteiger partial charge in [-0.2, -0.15) is 0 Å². The number of likely N-dealkylation sites (tertiary alicyclic amines) is 1. The van der Waals surface area contributed by atoms with Crippen LogP contribution >= 0.6 is 0 Å². The zero-order valence-corrected chi connectivity index (χ0v) is 9.22. The molecule has 1 fully saturated rings. The maximum atomic E-state index is 2.63. The minimum absolute atomic E-state index is 0.361. The maximum Gasteiger partial charge on any atom is 0.0127 e. The second kappa shape index (κ2) is 3.37. The van der Waals surface area contributed by atoms with Crippen molar-refractivity contribution >= 4 is 0 Å². The molecule has 1 saturated heterocycles. The van der Waals surface area contributed by atoms with Crippen molar-refractivity contribution in [2.24, 2.45) is 5.92 Å². The van der Waals surface area contributed by atoms with Crippen molar-refractivity contribution in [3.05, 3.63) is 0 Å². The molecular weight excluding hydrogens is 146 g/mol. The van der Waals surface area contributed by atoms with E-state index < -0.39 is 0 Å². The summed E-state index contributed by atoms with van der Waals surface area (Å²) in [5, 5.41) is 0. The monoisotopic (exact) mass is 169 g/mol. The highest BCUT2D eigenvalue weighted by Crippen LogP contribution is 2.28. The Labute approximate surface area is 77.1 Å². The fraction of sp³-hybridized carbons (Fsp3) is 1.00. The van der Waals surface area contributed by atoms with Gasteiger partial charge in [0.05, 0.1) is 0 Å². The van der Waals surface area contributed by atoms with Crippen molar-refractivity contribution in [1.82, 2.24) is 4.90 Å². The first-order chi connectivity index (χ1) is 5.41. The molecule has 1 heterocycles. The quantitative estimate of drug-likeness (QED) is 0.539. The number of nitrogens with zero attached hydrogens (tertiary/aromatic N) is 1. The molecule has 0 aromatic rings. The van der Waals surface area contributed by atoms with Crippen LogP contribution < -0.4 is 0 Å². The van der Waals surface area contributed by atoms with E-state index in [1.165, 1.54) is 19.4 Å². The average Bonchev–Trinajstić information content (AvgIpc) is 1.83. The number of hydrogen-bond donors (Lipinski definition) is 0. The van der Waals surface area contributed by atoms with Crippen LogP contribution in [0.2, 0.25) is 0 Å². The second-order valence-corrected chi connectivity index (χ2v) is 5.34. The molecule has 0 spiro atoms. The van der Waals surface area contributed by atoms with Crippen LogP contribution in [0.4, 0.5) is 0 Å². The third-order valence-corrected chi connectivity index (χ3v) is 3.00. The lowest BCUT2D eigenvalue weighted by Gasteiger charge is -2.45. The van der Waals surface area contributed by atoms with Gasteiger partial charge in [-0.15, -0.1) is 0 Å². The summed E-state index contributed by atoms with van der Waals surface area (Å²) in [7, 11) is 0. The summed E-state index contributed by atoms with van der Waals surface area (Å²) >= 11 is 0. The van der Waals surface area contributed by atoms with Crippen LogP contribution in [0.15, 0.2) is 0 Å². The summed E-state index contributed by atoms with van der Waals surface area (Å²) in [5.41, 5.74) is 0.361. The summed E-state index contributed by atoms with van der Waals surface area (Å²) in [6, 6.07) is 0.772. The molecule has 0 amide bonds. The Kier molecular flexibility index (Phi) is 2.82. The van der Waals surface area contributed by atoms with Crippen molar-refractivity contribution in [3.8, 4) is 0 Å². The Balaban J connectivity index is 2.57. The van der Waals surface area contributed by atoms with Crippen LogP contribution in [0.3, 0.4) is 0 Å². The normalized spacial score (nSPS) is 33.8. The van der Waals surface area contributed by atoms with Crippen molar-refractivity contribution in [2.45, 2.75) is 59.0 Å². The van der Waals surface area contributed by atoms with Gasteiger partial charge in [0.25, 0.3) is 0 Å². The predicted molar refractivity (Wildman–Crippen MR) is 54.3 cm³/mol. The first kappa shape index (κ1) is 10.0. The first-order valence-electron chi connectivity index (χ1n) is 5.18. The van der Waals surface area contributed by atoms with Crippen molar-refractivity contribution in [1.29, 1.82) is 0 Å². The van der Waals surface area contributed by atoms with Crippen LogP contribution in [0.25, 0.3) is 0 Å². The lowest BCUT2D eigenvalue weighted by Crippen LogP contribution is -2.50. The van der Waals surface area contributed by atoms with E-state index in [9.17, 15) is 0 Å². The number of rotatable bonds is 0. The number of piperidine rings is 1. The SMILES string of the molecule is C[C@@H]1CCN(C(C)(C)C)[C@H](C)C1. The van der Waals surface area contributed by atoms with Crippen LogP contribution in [0.5, 0.6) is 0 Å².